The topological polar surface area (TPSA) is 45.3 Å². The molecule has 2 heterocycles. The van der Waals surface area contributed by atoms with Gasteiger partial charge in [0, 0.05) is 25.9 Å². The number of benzene rings is 1. The van der Waals surface area contributed by atoms with Crippen LogP contribution in [0.15, 0.2) is 48.7 Å². The number of carbonyl (C=O) groups excluding carboxylic acids is 1. The van der Waals surface area contributed by atoms with E-state index in [0.717, 1.165) is 32.4 Å². The first-order valence-electron chi connectivity index (χ1n) is 7.91. The molecule has 1 aromatic carbocycles. The van der Waals surface area contributed by atoms with Crippen LogP contribution in [0.1, 0.15) is 28.9 Å². The Morgan fingerprint density at radius 2 is 2.09 bits per heavy atom. The molecule has 22 heavy (non-hydrogen) atoms. The number of hydrogen-bond acceptors (Lipinski definition) is 2. The third-order valence-corrected chi connectivity index (χ3v) is 4.07. The number of aryl methyl sites for hydroxylation is 1. The molecule has 1 aliphatic heterocycles. The van der Waals surface area contributed by atoms with Crippen LogP contribution in [0.3, 0.4) is 0 Å². The van der Waals surface area contributed by atoms with Crippen molar-refractivity contribution in [3.05, 3.63) is 59.9 Å². The Balaban J connectivity index is 1.37. The second-order valence-corrected chi connectivity index (χ2v) is 5.71. The maximum atomic E-state index is 12.2. The fourth-order valence-electron chi connectivity index (χ4n) is 2.85. The first-order chi connectivity index (χ1) is 10.8. The molecule has 1 saturated heterocycles. The molecule has 0 bridgehead atoms. The van der Waals surface area contributed by atoms with Crippen LogP contribution >= 0.6 is 0 Å². The summed E-state index contributed by atoms with van der Waals surface area (Å²) in [6.45, 7) is 2.23. The Kier molecular flexibility index (Phi) is 4.91. The maximum absolute atomic E-state index is 12.2. The van der Waals surface area contributed by atoms with E-state index in [-0.39, 0.29) is 12.0 Å². The Labute approximate surface area is 131 Å². The Morgan fingerprint density at radius 3 is 2.86 bits per heavy atom. The molecule has 116 valence electrons. The molecular weight excluding hydrogens is 276 g/mol. The van der Waals surface area contributed by atoms with Crippen molar-refractivity contribution in [1.82, 2.24) is 9.88 Å². The summed E-state index contributed by atoms with van der Waals surface area (Å²) >= 11 is 0. The van der Waals surface area contributed by atoms with E-state index in [9.17, 15) is 4.79 Å². The van der Waals surface area contributed by atoms with Gasteiger partial charge < -0.3 is 14.6 Å². The van der Waals surface area contributed by atoms with Crippen LogP contribution in [0.5, 0.6) is 0 Å². The van der Waals surface area contributed by atoms with Crippen molar-refractivity contribution in [2.75, 3.05) is 19.7 Å². The van der Waals surface area contributed by atoms with E-state index >= 15 is 0 Å². The van der Waals surface area contributed by atoms with Gasteiger partial charge in [0.1, 0.15) is 5.69 Å². The lowest BCUT2D eigenvalue weighted by molar-refractivity contribution is 0.0523. The summed E-state index contributed by atoms with van der Waals surface area (Å²) in [6, 6.07) is 14.1. The van der Waals surface area contributed by atoms with Gasteiger partial charge in [-0.3, -0.25) is 4.79 Å². The molecule has 0 aliphatic carbocycles. The van der Waals surface area contributed by atoms with Crippen LogP contribution in [-0.2, 0) is 11.2 Å². The maximum Gasteiger partial charge on any atom is 0.270 e. The van der Waals surface area contributed by atoms with Gasteiger partial charge >= 0.3 is 0 Å². The molecular formula is C18H22N2O2. The van der Waals surface area contributed by atoms with E-state index in [0.29, 0.717) is 12.2 Å². The SMILES string of the molecule is O=C(c1ccc[nH]1)N1CC[C@H](OCCCc2ccccc2)C1. The molecule has 4 heteroatoms. The largest absolute Gasteiger partial charge is 0.376 e. The molecule has 0 spiro atoms. The van der Waals surface area contributed by atoms with E-state index in [2.05, 4.69) is 29.2 Å². The highest BCUT2D eigenvalue weighted by molar-refractivity contribution is 5.92. The molecule has 3 rings (SSSR count). The summed E-state index contributed by atoms with van der Waals surface area (Å²) in [4.78, 5) is 17.0. The van der Waals surface area contributed by atoms with Gasteiger partial charge in [-0.15, -0.1) is 0 Å². The summed E-state index contributed by atoms with van der Waals surface area (Å²) in [5.74, 6) is 0.0698. The lowest BCUT2D eigenvalue weighted by Crippen LogP contribution is -2.30. The van der Waals surface area contributed by atoms with Crippen LogP contribution in [0, 0.1) is 0 Å². The van der Waals surface area contributed by atoms with E-state index < -0.39 is 0 Å². The first-order valence-corrected chi connectivity index (χ1v) is 7.91. The summed E-state index contributed by atoms with van der Waals surface area (Å²) in [6.07, 6.45) is 4.94. The smallest absolute Gasteiger partial charge is 0.270 e. The molecule has 1 atom stereocenters. The van der Waals surface area contributed by atoms with Crippen LogP contribution in [-0.4, -0.2) is 41.6 Å². The zero-order valence-electron chi connectivity index (χ0n) is 12.7. The van der Waals surface area contributed by atoms with Crippen LogP contribution < -0.4 is 0 Å². The van der Waals surface area contributed by atoms with Gasteiger partial charge in [-0.05, 0) is 37.0 Å². The average Bonchev–Trinajstić information content (AvgIpc) is 3.24. The summed E-state index contributed by atoms with van der Waals surface area (Å²) in [5.41, 5.74) is 2.01. The van der Waals surface area contributed by atoms with Gasteiger partial charge in [0.25, 0.3) is 5.91 Å². The lowest BCUT2D eigenvalue weighted by atomic mass is 10.1. The zero-order valence-corrected chi connectivity index (χ0v) is 12.7. The van der Waals surface area contributed by atoms with Crippen molar-refractivity contribution in [2.45, 2.75) is 25.4 Å². The van der Waals surface area contributed by atoms with Crippen molar-refractivity contribution in [1.29, 1.82) is 0 Å². The molecule has 2 aromatic rings. The Bertz CT molecular complexity index is 580. The van der Waals surface area contributed by atoms with Gasteiger partial charge in [-0.1, -0.05) is 30.3 Å². The van der Waals surface area contributed by atoms with Gasteiger partial charge in [0.05, 0.1) is 6.10 Å². The van der Waals surface area contributed by atoms with E-state index in [4.69, 9.17) is 4.74 Å². The number of aromatic nitrogens is 1. The standard InChI is InChI=1S/C18H22N2O2/c21-18(17-9-4-11-19-17)20-12-10-16(14-20)22-13-5-8-15-6-2-1-3-7-15/h1-4,6-7,9,11,16,19H,5,8,10,12-14H2/t16-/m0/s1. The molecule has 1 amide bonds. The molecule has 1 fully saturated rings. The first kappa shape index (κ1) is 14.9. The van der Waals surface area contributed by atoms with Gasteiger partial charge in [-0.2, -0.15) is 0 Å². The minimum absolute atomic E-state index is 0.0698. The number of H-pyrrole nitrogens is 1. The number of aromatic amines is 1. The third-order valence-electron chi connectivity index (χ3n) is 4.07. The number of amides is 1. The van der Waals surface area contributed by atoms with Crippen LogP contribution in [0.25, 0.3) is 0 Å². The highest BCUT2D eigenvalue weighted by Crippen LogP contribution is 2.16. The molecule has 4 nitrogen and oxygen atoms in total. The summed E-state index contributed by atoms with van der Waals surface area (Å²) in [5, 5.41) is 0. The quantitative estimate of drug-likeness (QED) is 0.834. The zero-order chi connectivity index (χ0) is 15.2. The number of nitrogens with one attached hydrogen (secondary N) is 1. The number of rotatable bonds is 6. The lowest BCUT2D eigenvalue weighted by Gasteiger charge is -2.16. The third kappa shape index (κ3) is 3.77. The number of nitrogens with zero attached hydrogens (tertiary/aromatic N) is 1. The predicted molar refractivity (Wildman–Crippen MR) is 85.8 cm³/mol. The molecule has 1 N–H and O–H groups in total. The summed E-state index contributed by atoms with van der Waals surface area (Å²) in [7, 11) is 0. The Morgan fingerprint density at radius 1 is 1.23 bits per heavy atom. The van der Waals surface area contributed by atoms with E-state index in [1.165, 1.54) is 5.56 Å². The van der Waals surface area contributed by atoms with Crippen LogP contribution in [0.2, 0.25) is 0 Å². The van der Waals surface area contributed by atoms with Crippen molar-refractivity contribution < 1.29 is 9.53 Å². The number of ether oxygens (including phenoxy) is 1. The minimum atomic E-state index is 0.0698. The second kappa shape index (κ2) is 7.27. The summed E-state index contributed by atoms with van der Waals surface area (Å²) < 4.78 is 5.92. The van der Waals surface area contributed by atoms with Gasteiger partial charge in [0.2, 0.25) is 0 Å². The Hall–Kier alpha value is -2.07. The predicted octanol–water partition coefficient (Wildman–Crippen LogP) is 2.88. The molecule has 0 unspecified atom stereocenters. The average molecular weight is 298 g/mol. The monoisotopic (exact) mass is 298 g/mol. The van der Waals surface area contributed by atoms with Crippen molar-refractivity contribution >= 4 is 5.91 Å². The second-order valence-electron chi connectivity index (χ2n) is 5.71. The van der Waals surface area contributed by atoms with Crippen molar-refractivity contribution in [3.63, 3.8) is 0 Å². The highest BCUT2D eigenvalue weighted by atomic mass is 16.5. The molecule has 0 saturated carbocycles. The fraction of sp³-hybridized carbons (Fsp3) is 0.389. The number of hydrogen-bond donors (Lipinski definition) is 1. The van der Waals surface area contributed by atoms with Crippen molar-refractivity contribution in [2.24, 2.45) is 0 Å². The highest BCUT2D eigenvalue weighted by Gasteiger charge is 2.27. The van der Waals surface area contributed by atoms with Gasteiger partial charge in [-0.25, -0.2) is 0 Å². The molecule has 0 radical (unpaired) electrons. The van der Waals surface area contributed by atoms with E-state index in [1.807, 2.05) is 23.1 Å². The van der Waals surface area contributed by atoms with Crippen LogP contribution in [0.4, 0.5) is 0 Å². The molecule has 1 aromatic heterocycles. The number of likely N-dealkylation sites (tertiary alicyclic amines) is 1. The number of carbonyl (C=O) groups is 1. The normalized spacial score (nSPS) is 17.8. The molecule has 1 aliphatic rings. The van der Waals surface area contributed by atoms with Crippen molar-refractivity contribution in [3.8, 4) is 0 Å². The van der Waals surface area contributed by atoms with E-state index in [1.54, 1.807) is 6.20 Å². The minimum Gasteiger partial charge on any atom is -0.376 e. The fourth-order valence-corrected chi connectivity index (χ4v) is 2.85. The van der Waals surface area contributed by atoms with Gasteiger partial charge in [0.15, 0.2) is 0 Å².